The third kappa shape index (κ3) is 4.02. The highest BCUT2D eigenvalue weighted by Gasteiger charge is 2.23. The van der Waals surface area contributed by atoms with E-state index in [0.717, 1.165) is 31.2 Å². The number of nitrogens with one attached hydrogen (secondary N) is 1. The minimum absolute atomic E-state index is 0.0961. The number of hydrogen-bond donors (Lipinski definition) is 1. The van der Waals surface area contributed by atoms with Crippen molar-refractivity contribution in [3.8, 4) is 0 Å². The molecule has 2 atom stereocenters. The molecular formula is C16H27ClN4O. The van der Waals surface area contributed by atoms with Crippen LogP contribution < -0.4 is 5.32 Å². The second-order valence-electron chi connectivity index (χ2n) is 6.47. The number of hydrogen-bond acceptors (Lipinski definition) is 3. The minimum Gasteiger partial charge on any atom is -0.348 e. The summed E-state index contributed by atoms with van der Waals surface area (Å²) in [6.07, 6.45) is 3.25. The van der Waals surface area contributed by atoms with Crippen LogP contribution >= 0.6 is 11.6 Å². The van der Waals surface area contributed by atoms with Crippen LogP contribution in [0.4, 0.5) is 0 Å². The number of amides is 1. The first-order valence-corrected chi connectivity index (χ1v) is 8.54. The number of piperidine rings is 1. The highest BCUT2D eigenvalue weighted by Crippen LogP contribution is 2.20. The molecule has 0 spiro atoms. The van der Waals surface area contributed by atoms with Gasteiger partial charge in [-0.25, -0.2) is 0 Å². The second kappa shape index (κ2) is 7.47. The van der Waals surface area contributed by atoms with Gasteiger partial charge in [-0.2, -0.15) is 5.10 Å². The van der Waals surface area contributed by atoms with Gasteiger partial charge in [0.2, 0.25) is 0 Å². The lowest BCUT2D eigenvalue weighted by molar-refractivity contribution is 0.0919. The molecule has 124 valence electrons. The van der Waals surface area contributed by atoms with E-state index in [0.29, 0.717) is 17.1 Å². The number of carbonyl (C=O) groups excluding carboxylic acids is 1. The Morgan fingerprint density at radius 2 is 2.27 bits per heavy atom. The predicted octanol–water partition coefficient (Wildman–Crippen LogP) is 2.49. The Kier molecular flexibility index (Phi) is 5.87. The summed E-state index contributed by atoms with van der Waals surface area (Å²) in [7, 11) is 1.76. The molecule has 1 saturated heterocycles. The lowest BCUT2D eigenvalue weighted by Gasteiger charge is -2.32. The summed E-state index contributed by atoms with van der Waals surface area (Å²) >= 11 is 6.21. The molecule has 5 nitrogen and oxygen atoms in total. The molecular weight excluding hydrogens is 300 g/mol. The molecule has 1 N–H and O–H groups in total. The quantitative estimate of drug-likeness (QED) is 0.904. The van der Waals surface area contributed by atoms with Gasteiger partial charge in [0.1, 0.15) is 5.15 Å². The third-order valence-corrected chi connectivity index (χ3v) is 4.70. The summed E-state index contributed by atoms with van der Waals surface area (Å²) < 4.78 is 1.56. The van der Waals surface area contributed by atoms with E-state index < -0.39 is 0 Å². The maximum absolute atomic E-state index is 12.5. The van der Waals surface area contributed by atoms with Gasteiger partial charge in [0.25, 0.3) is 5.91 Å². The molecule has 22 heavy (non-hydrogen) atoms. The van der Waals surface area contributed by atoms with E-state index >= 15 is 0 Å². The van der Waals surface area contributed by atoms with Crippen molar-refractivity contribution < 1.29 is 4.79 Å². The highest BCUT2D eigenvalue weighted by atomic mass is 35.5. The Bertz CT molecular complexity index is 528. The van der Waals surface area contributed by atoms with Crippen LogP contribution in [0.5, 0.6) is 0 Å². The first kappa shape index (κ1) is 17.3. The topological polar surface area (TPSA) is 50.2 Å². The van der Waals surface area contributed by atoms with E-state index in [9.17, 15) is 4.79 Å². The van der Waals surface area contributed by atoms with Crippen LogP contribution in [0.15, 0.2) is 0 Å². The van der Waals surface area contributed by atoms with Gasteiger partial charge in [0.15, 0.2) is 0 Å². The second-order valence-corrected chi connectivity index (χ2v) is 6.83. The normalized spacial score (nSPS) is 20.9. The first-order chi connectivity index (χ1) is 10.4. The van der Waals surface area contributed by atoms with E-state index in [2.05, 4.69) is 22.2 Å². The molecule has 2 rings (SSSR count). The van der Waals surface area contributed by atoms with Crippen molar-refractivity contribution in [2.75, 3.05) is 19.6 Å². The fourth-order valence-electron chi connectivity index (χ4n) is 3.21. The maximum Gasteiger partial charge on any atom is 0.256 e. The zero-order chi connectivity index (χ0) is 16.3. The fraction of sp³-hybridized carbons (Fsp3) is 0.750. The molecule has 1 aromatic heterocycles. The molecule has 1 aromatic rings. The van der Waals surface area contributed by atoms with Crippen molar-refractivity contribution in [2.24, 2.45) is 13.0 Å². The molecule has 0 radical (unpaired) electrons. The smallest absolute Gasteiger partial charge is 0.256 e. The Balaban J connectivity index is 1.96. The van der Waals surface area contributed by atoms with Crippen molar-refractivity contribution in [3.63, 3.8) is 0 Å². The Morgan fingerprint density at radius 3 is 2.91 bits per heavy atom. The molecule has 2 heterocycles. The number of nitrogens with zero attached hydrogens (tertiary/aromatic N) is 3. The van der Waals surface area contributed by atoms with Crippen LogP contribution in [-0.4, -0.2) is 46.3 Å². The minimum atomic E-state index is -0.118. The highest BCUT2D eigenvalue weighted by molar-refractivity contribution is 6.33. The van der Waals surface area contributed by atoms with Gasteiger partial charge in [-0.05, 0) is 38.6 Å². The average molecular weight is 327 g/mol. The summed E-state index contributed by atoms with van der Waals surface area (Å²) in [6, 6.07) is 0.0961. The van der Waals surface area contributed by atoms with Gasteiger partial charge in [0, 0.05) is 26.2 Å². The number of likely N-dealkylation sites (tertiary alicyclic amines) is 1. The Labute approximate surface area is 138 Å². The van der Waals surface area contributed by atoms with Crippen LogP contribution in [0.1, 0.15) is 49.7 Å². The standard InChI is InChI=1S/C16H27ClN4O/c1-5-13-14(15(17)20(4)19-13)16(22)18-12(3)10-21-8-6-7-11(2)9-21/h11-12H,5-10H2,1-4H3,(H,18,22)/t11-,12-/m0/s1. The molecule has 1 aliphatic rings. The first-order valence-electron chi connectivity index (χ1n) is 8.16. The van der Waals surface area contributed by atoms with E-state index in [1.54, 1.807) is 11.7 Å². The summed E-state index contributed by atoms with van der Waals surface area (Å²) in [4.78, 5) is 14.9. The van der Waals surface area contributed by atoms with Gasteiger partial charge in [-0.1, -0.05) is 25.4 Å². The van der Waals surface area contributed by atoms with E-state index in [-0.39, 0.29) is 11.9 Å². The SMILES string of the molecule is CCc1nn(C)c(Cl)c1C(=O)N[C@@H](C)CN1CCC[C@H](C)C1. The number of aromatic nitrogens is 2. The molecule has 6 heteroatoms. The van der Waals surface area contributed by atoms with Crippen molar-refractivity contribution in [2.45, 2.75) is 46.1 Å². The van der Waals surface area contributed by atoms with Gasteiger partial charge >= 0.3 is 0 Å². The number of rotatable bonds is 5. The van der Waals surface area contributed by atoms with Crippen molar-refractivity contribution >= 4 is 17.5 Å². The van der Waals surface area contributed by atoms with E-state index in [1.165, 1.54) is 12.8 Å². The fourth-order valence-corrected chi connectivity index (χ4v) is 3.44. The maximum atomic E-state index is 12.5. The molecule has 0 unspecified atom stereocenters. The van der Waals surface area contributed by atoms with E-state index in [4.69, 9.17) is 11.6 Å². The molecule has 1 amide bonds. The van der Waals surface area contributed by atoms with Crippen LogP contribution in [-0.2, 0) is 13.5 Å². The average Bonchev–Trinajstić information content (AvgIpc) is 2.74. The van der Waals surface area contributed by atoms with Crippen LogP contribution in [0.25, 0.3) is 0 Å². The number of halogens is 1. The molecule has 0 saturated carbocycles. The van der Waals surface area contributed by atoms with Gasteiger partial charge in [0.05, 0.1) is 11.3 Å². The molecule has 0 aromatic carbocycles. The summed E-state index contributed by atoms with van der Waals surface area (Å²) in [5, 5.41) is 7.78. The lowest BCUT2D eigenvalue weighted by Crippen LogP contribution is -2.45. The van der Waals surface area contributed by atoms with Gasteiger partial charge in [-0.15, -0.1) is 0 Å². The third-order valence-electron chi connectivity index (χ3n) is 4.26. The van der Waals surface area contributed by atoms with Gasteiger partial charge in [-0.3, -0.25) is 9.48 Å². The van der Waals surface area contributed by atoms with Gasteiger partial charge < -0.3 is 10.2 Å². The van der Waals surface area contributed by atoms with Crippen molar-refractivity contribution in [1.82, 2.24) is 20.0 Å². The van der Waals surface area contributed by atoms with Crippen LogP contribution in [0.2, 0.25) is 5.15 Å². The number of carbonyl (C=O) groups is 1. The Morgan fingerprint density at radius 1 is 1.55 bits per heavy atom. The molecule has 0 aliphatic carbocycles. The van der Waals surface area contributed by atoms with E-state index in [1.807, 2.05) is 13.8 Å². The summed E-state index contributed by atoms with van der Waals surface area (Å²) in [6.45, 7) is 9.45. The number of aryl methyl sites for hydroxylation is 2. The zero-order valence-corrected chi connectivity index (χ0v) is 14.8. The largest absolute Gasteiger partial charge is 0.348 e. The Hall–Kier alpha value is -1.07. The van der Waals surface area contributed by atoms with Crippen LogP contribution in [0.3, 0.4) is 0 Å². The monoisotopic (exact) mass is 326 g/mol. The predicted molar refractivity (Wildman–Crippen MR) is 89.4 cm³/mol. The van der Waals surface area contributed by atoms with Crippen molar-refractivity contribution in [3.05, 3.63) is 16.4 Å². The zero-order valence-electron chi connectivity index (χ0n) is 14.0. The molecule has 1 aliphatic heterocycles. The molecule has 0 bridgehead atoms. The molecule has 1 fully saturated rings. The summed E-state index contributed by atoms with van der Waals surface area (Å²) in [5.41, 5.74) is 1.27. The lowest BCUT2D eigenvalue weighted by atomic mass is 10.00. The van der Waals surface area contributed by atoms with Crippen LogP contribution in [0, 0.1) is 5.92 Å². The summed E-state index contributed by atoms with van der Waals surface area (Å²) in [5.74, 6) is 0.628. The van der Waals surface area contributed by atoms with Crippen molar-refractivity contribution in [1.29, 1.82) is 0 Å².